The van der Waals surface area contributed by atoms with E-state index in [1.807, 2.05) is 48.5 Å². The minimum atomic E-state index is -0.0598. The molecule has 0 saturated heterocycles. The van der Waals surface area contributed by atoms with E-state index in [9.17, 15) is 4.79 Å². The molecule has 1 aliphatic rings. The van der Waals surface area contributed by atoms with Gasteiger partial charge in [0.2, 0.25) is 0 Å². The fraction of sp³-hybridized carbons (Fsp3) is 0.200. The summed E-state index contributed by atoms with van der Waals surface area (Å²) in [7, 11) is 0. The zero-order chi connectivity index (χ0) is 17.1. The highest BCUT2D eigenvalue weighted by Gasteiger charge is 2.22. The number of rotatable bonds is 5. The number of nitrogens with one attached hydrogen (secondary N) is 1. The molecule has 2 heterocycles. The Morgan fingerprint density at radius 3 is 2.80 bits per heavy atom. The van der Waals surface area contributed by atoms with Crippen molar-refractivity contribution < 1.29 is 9.63 Å². The quantitative estimate of drug-likeness (QED) is 0.756. The lowest BCUT2D eigenvalue weighted by Gasteiger charge is -2.07. The Morgan fingerprint density at radius 1 is 1.16 bits per heavy atom. The van der Waals surface area contributed by atoms with Crippen LogP contribution in [0.15, 0.2) is 65.8 Å². The second-order valence-corrected chi connectivity index (χ2v) is 7.19. The second-order valence-electron chi connectivity index (χ2n) is 6.11. The molecule has 0 spiro atoms. The summed E-state index contributed by atoms with van der Waals surface area (Å²) in [4.78, 5) is 18.6. The maximum absolute atomic E-state index is 12.3. The molecule has 0 aliphatic carbocycles. The highest BCUT2D eigenvalue weighted by atomic mass is 32.1. The number of fused-ring (bicyclic) bond motifs is 1. The van der Waals surface area contributed by atoms with Crippen LogP contribution in [0.2, 0.25) is 0 Å². The first-order valence-corrected chi connectivity index (χ1v) is 9.12. The van der Waals surface area contributed by atoms with E-state index in [1.54, 1.807) is 0 Å². The molecule has 2 aromatic carbocycles. The Bertz CT molecular complexity index is 885. The molecular formula is C20H18N2O2S. The van der Waals surface area contributed by atoms with Crippen molar-refractivity contribution in [2.45, 2.75) is 18.9 Å². The number of hydrogen-bond acceptors (Lipinski definition) is 4. The van der Waals surface area contributed by atoms with Gasteiger partial charge in [-0.1, -0.05) is 53.7 Å². The van der Waals surface area contributed by atoms with Gasteiger partial charge in [-0.15, -0.1) is 11.3 Å². The summed E-state index contributed by atoms with van der Waals surface area (Å²) in [5.74, 6) is -0.0598. The molecule has 1 aromatic heterocycles. The van der Waals surface area contributed by atoms with Gasteiger partial charge in [0.1, 0.15) is 6.10 Å². The SMILES string of the molecule is O=C(NCC1=NOC(Cc2ccccc2)C1)c1cc2ccccc2s1. The smallest absolute Gasteiger partial charge is 0.261 e. The first kappa shape index (κ1) is 15.8. The van der Waals surface area contributed by atoms with Crippen LogP contribution in [0.25, 0.3) is 10.1 Å². The van der Waals surface area contributed by atoms with Gasteiger partial charge in [0.25, 0.3) is 5.91 Å². The van der Waals surface area contributed by atoms with Crippen LogP contribution >= 0.6 is 11.3 Å². The molecule has 3 aromatic rings. The molecule has 126 valence electrons. The predicted molar refractivity (Wildman–Crippen MR) is 101 cm³/mol. The fourth-order valence-corrected chi connectivity index (χ4v) is 3.92. The first-order chi connectivity index (χ1) is 12.3. The van der Waals surface area contributed by atoms with Crippen LogP contribution in [-0.4, -0.2) is 24.3 Å². The lowest BCUT2D eigenvalue weighted by Crippen LogP contribution is -2.29. The zero-order valence-electron chi connectivity index (χ0n) is 13.6. The molecule has 4 rings (SSSR count). The Kier molecular flexibility index (Phi) is 4.48. The number of thiophene rings is 1. The van der Waals surface area contributed by atoms with Crippen molar-refractivity contribution in [1.82, 2.24) is 5.32 Å². The minimum Gasteiger partial charge on any atom is -0.392 e. The Balaban J connectivity index is 1.30. The Hall–Kier alpha value is -2.66. The first-order valence-electron chi connectivity index (χ1n) is 8.30. The van der Waals surface area contributed by atoms with Gasteiger partial charge in [0, 0.05) is 17.5 Å². The predicted octanol–water partition coefficient (Wildman–Crippen LogP) is 4.02. The van der Waals surface area contributed by atoms with E-state index < -0.39 is 0 Å². The molecule has 0 radical (unpaired) electrons. The third-order valence-corrected chi connectivity index (χ3v) is 5.32. The zero-order valence-corrected chi connectivity index (χ0v) is 14.5. The molecule has 1 amide bonds. The number of carbonyl (C=O) groups is 1. The number of oxime groups is 1. The van der Waals surface area contributed by atoms with Crippen LogP contribution in [0.4, 0.5) is 0 Å². The van der Waals surface area contributed by atoms with Gasteiger partial charge in [-0.25, -0.2) is 0 Å². The maximum atomic E-state index is 12.3. The summed E-state index contributed by atoms with van der Waals surface area (Å²) >= 11 is 1.51. The van der Waals surface area contributed by atoms with Crippen LogP contribution in [0.5, 0.6) is 0 Å². The molecule has 0 bridgehead atoms. The summed E-state index contributed by atoms with van der Waals surface area (Å²) in [6.07, 6.45) is 1.64. The van der Waals surface area contributed by atoms with E-state index in [0.717, 1.165) is 33.5 Å². The van der Waals surface area contributed by atoms with E-state index >= 15 is 0 Å². The highest BCUT2D eigenvalue weighted by Crippen LogP contribution is 2.25. The number of nitrogens with zero attached hydrogens (tertiary/aromatic N) is 1. The third kappa shape index (κ3) is 3.72. The molecule has 25 heavy (non-hydrogen) atoms. The largest absolute Gasteiger partial charge is 0.392 e. The minimum absolute atomic E-state index is 0.0543. The van der Waals surface area contributed by atoms with Crippen LogP contribution in [0.1, 0.15) is 21.7 Å². The number of benzene rings is 2. The summed E-state index contributed by atoms with van der Waals surface area (Å²) in [5.41, 5.74) is 2.12. The molecule has 1 aliphatic heterocycles. The van der Waals surface area contributed by atoms with E-state index in [4.69, 9.17) is 4.84 Å². The van der Waals surface area contributed by atoms with Gasteiger partial charge >= 0.3 is 0 Å². The van der Waals surface area contributed by atoms with Crippen molar-refractivity contribution in [3.05, 3.63) is 71.1 Å². The van der Waals surface area contributed by atoms with Gasteiger partial charge in [-0.05, 0) is 23.1 Å². The van der Waals surface area contributed by atoms with Crippen molar-refractivity contribution in [3.63, 3.8) is 0 Å². The Morgan fingerprint density at radius 2 is 1.96 bits per heavy atom. The monoisotopic (exact) mass is 350 g/mol. The fourth-order valence-electron chi connectivity index (χ4n) is 2.94. The van der Waals surface area contributed by atoms with Gasteiger partial charge in [-0.3, -0.25) is 4.79 Å². The van der Waals surface area contributed by atoms with Crippen LogP contribution in [0, 0.1) is 0 Å². The number of amides is 1. The average molecular weight is 350 g/mol. The van der Waals surface area contributed by atoms with Gasteiger partial charge in [0.15, 0.2) is 0 Å². The van der Waals surface area contributed by atoms with Crippen LogP contribution < -0.4 is 5.32 Å². The molecule has 4 nitrogen and oxygen atoms in total. The van der Waals surface area contributed by atoms with Gasteiger partial charge in [-0.2, -0.15) is 0 Å². The number of carbonyl (C=O) groups excluding carboxylic acids is 1. The molecule has 1 atom stereocenters. The van der Waals surface area contributed by atoms with E-state index in [0.29, 0.717) is 6.54 Å². The van der Waals surface area contributed by atoms with E-state index in [2.05, 4.69) is 22.6 Å². The van der Waals surface area contributed by atoms with E-state index in [-0.39, 0.29) is 12.0 Å². The van der Waals surface area contributed by atoms with Crippen molar-refractivity contribution in [2.24, 2.45) is 5.16 Å². The average Bonchev–Trinajstić information content (AvgIpc) is 3.27. The lowest BCUT2D eigenvalue weighted by molar-refractivity contribution is 0.0859. The molecule has 0 fully saturated rings. The van der Waals surface area contributed by atoms with Crippen molar-refractivity contribution in [2.75, 3.05) is 6.54 Å². The topological polar surface area (TPSA) is 50.7 Å². The van der Waals surface area contributed by atoms with Crippen molar-refractivity contribution >= 4 is 33.0 Å². The molecule has 0 saturated carbocycles. The molecular weight excluding hydrogens is 332 g/mol. The highest BCUT2D eigenvalue weighted by molar-refractivity contribution is 7.20. The summed E-state index contributed by atoms with van der Waals surface area (Å²) < 4.78 is 1.12. The summed E-state index contributed by atoms with van der Waals surface area (Å²) in [6.45, 7) is 0.429. The lowest BCUT2D eigenvalue weighted by atomic mass is 10.0. The van der Waals surface area contributed by atoms with Crippen LogP contribution in [-0.2, 0) is 11.3 Å². The standard InChI is InChI=1S/C20H18N2O2S/c23-20(19-11-15-8-4-5-9-18(15)25-19)21-13-16-12-17(24-22-16)10-14-6-2-1-3-7-14/h1-9,11,17H,10,12-13H2,(H,21,23). The van der Waals surface area contributed by atoms with Crippen molar-refractivity contribution in [3.8, 4) is 0 Å². The maximum Gasteiger partial charge on any atom is 0.261 e. The number of hydrogen-bond donors (Lipinski definition) is 1. The third-order valence-electron chi connectivity index (χ3n) is 4.20. The van der Waals surface area contributed by atoms with Crippen LogP contribution in [0.3, 0.4) is 0 Å². The van der Waals surface area contributed by atoms with E-state index in [1.165, 1.54) is 16.9 Å². The summed E-state index contributed by atoms with van der Waals surface area (Å²) in [5, 5.41) is 8.17. The Labute approximate surface area is 150 Å². The van der Waals surface area contributed by atoms with Crippen molar-refractivity contribution in [1.29, 1.82) is 0 Å². The second kappa shape index (κ2) is 7.07. The normalized spacial score (nSPS) is 16.5. The molecule has 1 N–H and O–H groups in total. The molecule has 1 unspecified atom stereocenters. The molecule has 5 heteroatoms. The summed E-state index contributed by atoms with van der Waals surface area (Å²) in [6, 6.07) is 20.2. The van der Waals surface area contributed by atoms with Gasteiger partial charge < -0.3 is 10.2 Å². The van der Waals surface area contributed by atoms with Gasteiger partial charge in [0.05, 0.1) is 17.1 Å².